The van der Waals surface area contributed by atoms with E-state index in [9.17, 15) is 14.9 Å². The summed E-state index contributed by atoms with van der Waals surface area (Å²) >= 11 is 6.96. The molecular weight excluding hydrogens is 576 g/mol. The fraction of sp³-hybridized carbons (Fsp3) is 0.148. The molecule has 35 heavy (non-hydrogen) atoms. The molecule has 0 aromatic heterocycles. The average molecular weight is 598 g/mol. The third-order valence-corrected chi connectivity index (χ3v) is 6.23. The van der Waals surface area contributed by atoms with Gasteiger partial charge >= 0.3 is 5.97 Å². The molecule has 3 rings (SSSR count). The number of aromatic carboxylic acids is 1. The minimum absolute atomic E-state index is 0.00991. The first-order valence-electron chi connectivity index (χ1n) is 10.8. The van der Waals surface area contributed by atoms with Crippen molar-refractivity contribution >= 4 is 49.8 Å². The molecule has 0 atom stereocenters. The number of aryl methyl sites for hydroxylation is 1. The normalized spacial score (nSPS) is 10.9. The molecule has 3 aromatic rings. The molecule has 0 heterocycles. The Hall–Kier alpha value is -3.41. The van der Waals surface area contributed by atoms with E-state index in [0.717, 1.165) is 18.4 Å². The number of nitrogens with one attached hydrogen (secondary N) is 1. The van der Waals surface area contributed by atoms with Gasteiger partial charge in [0.1, 0.15) is 24.0 Å². The fourth-order valence-electron chi connectivity index (χ4n) is 3.25. The van der Waals surface area contributed by atoms with Gasteiger partial charge in [-0.25, -0.2) is 4.79 Å². The van der Waals surface area contributed by atoms with Crippen molar-refractivity contribution < 1.29 is 19.4 Å². The molecule has 8 heteroatoms. The average Bonchev–Trinajstić information content (AvgIpc) is 2.85. The van der Waals surface area contributed by atoms with E-state index in [4.69, 9.17) is 9.84 Å². The maximum atomic E-state index is 12.5. The minimum Gasteiger partial charge on any atom is -0.487 e. The Morgan fingerprint density at radius 2 is 1.66 bits per heavy atom. The summed E-state index contributed by atoms with van der Waals surface area (Å²) in [4.78, 5) is 23.4. The van der Waals surface area contributed by atoms with Crippen molar-refractivity contribution in [2.45, 2.75) is 19.4 Å². The lowest BCUT2D eigenvalue weighted by Crippen LogP contribution is -2.25. The van der Waals surface area contributed by atoms with Gasteiger partial charge in [-0.2, -0.15) is 5.26 Å². The maximum Gasteiger partial charge on any atom is 0.335 e. The van der Waals surface area contributed by atoms with Gasteiger partial charge in [0.05, 0.1) is 14.5 Å². The van der Waals surface area contributed by atoms with Crippen LogP contribution in [-0.4, -0.2) is 23.5 Å². The number of ether oxygens (including phenoxy) is 1. The van der Waals surface area contributed by atoms with Crippen LogP contribution in [0.1, 0.15) is 33.5 Å². The quantitative estimate of drug-likeness (QED) is 0.166. The summed E-state index contributed by atoms with van der Waals surface area (Å²) in [6.07, 6.45) is 3.14. The summed E-state index contributed by atoms with van der Waals surface area (Å²) < 4.78 is 7.16. The van der Waals surface area contributed by atoms with E-state index in [0.29, 0.717) is 26.8 Å². The van der Waals surface area contributed by atoms with E-state index in [1.54, 1.807) is 24.3 Å². The van der Waals surface area contributed by atoms with Crippen LogP contribution in [0.4, 0.5) is 0 Å². The first-order chi connectivity index (χ1) is 16.9. The zero-order valence-electron chi connectivity index (χ0n) is 18.6. The number of carbonyl (C=O) groups is 2. The molecule has 6 nitrogen and oxygen atoms in total. The standard InChI is InChI=1S/C27H22Br2N2O4/c28-23-14-20(13-22(16-30)26(32)31-12-4-7-18-5-2-1-3-6-18)15-24(29)25(23)35-17-19-8-10-21(11-9-19)27(33)34/h1-3,5-6,8-11,13-15H,4,7,12,17H2,(H,31,32)(H,33,34)/b22-13-. The van der Waals surface area contributed by atoms with Crippen molar-refractivity contribution in [3.63, 3.8) is 0 Å². The Kier molecular flexibility index (Phi) is 9.65. The summed E-state index contributed by atoms with van der Waals surface area (Å²) in [6, 6.07) is 21.9. The van der Waals surface area contributed by atoms with Gasteiger partial charge < -0.3 is 15.2 Å². The van der Waals surface area contributed by atoms with Crippen LogP contribution in [0, 0.1) is 11.3 Å². The number of nitrogens with zero attached hydrogens (tertiary/aromatic N) is 1. The van der Waals surface area contributed by atoms with Gasteiger partial charge in [0.15, 0.2) is 0 Å². The van der Waals surface area contributed by atoms with Crippen molar-refractivity contribution in [3.8, 4) is 11.8 Å². The predicted molar refractivity (Wildman–Crippen MR) is 141 cm³/mol. The van der Waals surface area contributed by atoms with Crippen LogP contribution in [0.3, 0.4) is 0 Å². The summed E-state index contributed by atoms with van der Waals surface area (Å²) in [5.41, 5.74) is 2.88. The topological polar surface area (TPSA) is 99.4 Å². The lowest BCUT2D eigenvalue weighted by Gasteiger charge is -2.12. The summed E-state index contributed by atoms with van der Waals surface area (Å²) in [5.74, 6) is -0.851. The lowest BCUT2D eigenvalue weighted by molar-refractivity contribution is -0.117. The van der Waals surface area contributed by atoms with Crippen LogP contribution in [-0.2, 0) is 17.8 Å². The molecule has 0 saturated heterocycles. The third-order valence-electron chi connectivity index (χ3n) is 5.05. The summed E-state index contributed by atoms with van der Waals surface area (Å²) in [7, 11) is 0. The van der Waals surface area contributed by atoms with E-state index < -0.39 is 11.9 Å². The number of carboxylic acid groups (broad SMARTS) is 1. The molecule has 0 spiro atoms. The Balaban J connectivity index is 1.60. The summed E-state index contributed by atoms with van der Waals surface area (Å²) in [6.45, 7) is 0.710. The maximum absolute atomic E-state index is 12.5. The molecule has 0 unspecified atom stereocenters. The molecule has 0 saturated carbocycles. The smallest absolute Gasteiger partial charge is 0.335 e. The number of carbonyl (C=O) groups excluding carboxylic acids is 1. The molecule has 0 aliphatic rings. The molecule has 0 radical (unpaired) electrons. The highest BCUT2D eigenvalue weighted by Crippen LogP contribution is 2.36. The van der Waals surface area contributed by atoms with Crippen LogP contribution in [0.15, 0.2) is 81.2 Å². The van der Waals surface area contributed by atoms with Gasteiger partial charge in [0.2, 0.25) is 0 Å². The molecular formula is C27H22Br2N2O4. The van der Waals surface area contributed by atoms with Gasteiger partial charge in [-0.15, -0.1) is 0 Å². The van der Waals surface area contributed by atoms with Crippen molar-refractivity contribution in [2.24, 2.45) is 0 Å². The highest BCUT2D eigenvalue weighted by molar-refractivity contribution is 9.11. The Morgan fingerprint density at radius 3 is 2.26 bits per heavy atom. The molecule has 0 aliphatic heterocycles. The molecule has 2 N–H and O–H groups in total. The number of benzene rings is 3. The monoisotopic (exact) mass is 596 g/mol. The van der Waals surface area contributed by atoms with E-state index in [1.807, 2.05) is 36.4 Å². The number of hydrogen-bond acceptors (Lipinski definition) is 4. The predicted octanol–water partition coefficient (Wildman–Crippen LogP) is 6.14. The van der Waals surface area contributed by atoms with Gasteiger partial charge in [-0.05, 0) is 91.7 Å². The molecule has 0 fully saturated rings. The van der Waals surface area contributed by atoms with E-state index in [1.165, 1.54) is 23.8 Å². The number of halogens is 2. The number of amides is 1. The van der Waals surface area contributed by atoms with Crippen molar-refractivity contribution in [1.29, 1.82) is 5.26 Å². The van der Waals surface area contributed by atoms with Gasteiger partial charge in [-0.3, -0.25) is 4.79 Å². The molecule has 0 aliphatic carbocycles. The second kappa shape index (κ2) is 12.9. The molecule has 0 bridgehead atoms. The van der Waals surface area contributed by atoms with Crippen LogP contribution < -0.4 is 10.1 Å². The second-order valence-electron chi connectivity index (χ2n) is 7.62. The zero-order valence-corrected chi connectivity index (χ0v) is 21.8. The first-order valence-corrected chi connectivity index (χ1v) is 12.3. The number of rotatable bonds is 10. The van der Waals surface area contributed by atoms with E-state index in [2.05, 4.69) is 37.2 Å². The Morgan fingerprint density at radius 1 is 1.00 bits per heavy atom. The van der Waals surface area contributed by atoms with Gasteiger partial charge in [-0.1, -0.05) is 42.5 Å². The lowest BCUT2D eigenvalue weighted by atomic mass is 10.1. The summed E-state index contributed by atoms with van der Waals surface area (Å²) in [5, 5.41) is 21.3. The molecule has 178 valence electrons. The first kappa shape index (κ1) is 26.2. The van der Waals surface area contributed by atoms with E-state index >= 15 is 0 Å². The molecule has 3 aromatic carbocycles. The van der Waals surface area contributed by atoms with Crippen LogP contribution >= 0.6 is 31.9 Å². The fourth-order valence-corrected chi connectivity index (χ4v) is 4.70. The van der Waals surface area contributed by atoms with Crippen molar-refractivity contribution in [1.82, 2.24) is 5.32 Å². The van der Waals surface area contributed by atoms with Crippen LogP contribution in [0.2, 0.25) is 0 Å². The van der Waals surface area contributed by atoms with Gasteiger partial charge in [0, 0.05) is 6.54 Å². The highest BCUT2D eigenvalue weighted by Gasteiger charge is 2.13. The SMILES string of the molecule is N#C/C(=C/c1cc(Br)c(OCc2ccc(C(=O)O)cc2)c(Br)c1)C(=O)NCCCc1ccccc1. The van der Waals surface area contributed by atoms with E-state index in [-0.39, 0.29) is 17.7 Å². The Labute approximate surface area is 220 Å². The van der Waals surface area contributed by atoms with Crippen molar-refractivity contribution in [3.05, 3.63) is 104 Å². The number of carboxylic acids is 1. The van der Waals surface area contributed by atoms with Gasteiger partial charge in [0.25, 0.3) is 5.91 Å². The minimum atomic E-state index is -0.982. The third kappa shape index (κ3) is 7.81. The Bertz CT molecular complexity index is 1240. The molecule has 1 amide bonds. The number of hydrogen-bond donors (Lipinski definition) is 2. The largest absolute Gasteiger partial charge is 0.487 e. The van der Waals surface area contributed by atoms with Crippen LogP contribution in [0.5, 0.6) is 5.75 Å². The second-order valence-corrected chi connectivity index (χ2v) is 9.33. The van der Waals surface area contributed by atoms with Crippen LogP contribution in [0.25, 0.3) is 6.08 Å². The van der Waals surface area contributed by atoms with Crippen molar-refractivity contribution in [2.75, 3.05) is 6.54 Å². The zero-order chi connectivity index (χ0) is 25.2. The highest BCUT2D eigenvalue weighted by atomic mass is 79.9. The number of nitriles is 1.